The van der Waals surface area contributed by atoms with E-state index in [1.54, 1.807) is 0 Å². The van der Waals surface area contributed by atoms with E-state index in [0.717, 1.165) is 11.4 Å². The molecular formula is C13H18N2O. The second-order valence-corrected chi connectivity index (χ2v) is 5.16. The van der Waals surface area contributed by atoms with Crippen molar-refractivity contribution in [3.05, 3.63) is 23.8 Å². The summed E-state index contributed by atoms with van der Waals surface area (Å²) < 4.78 is 0. The van der Waals surface area contributed by atoms with Gasteiger partial charge in [-0.05, 0) is 37.5 Å². The van der Waals surface area contributed by atoms with Gasteiger partial charge in [0.15, 0.2) is 0 Å². The van der Waals surface area contributed by atoms with Crippen molar-refractivity contribution >= 4 is 17.3 Å². The Morgan fingerprint density at radius 3 is 2.50 bits per heavy atom. The quantitative estimate of drug-likeness (QED) is 0.761. The minimum atomic E-state index is -0.535. The standard InChI is InChI=1S/C13H18N2O/c1-8(2)9-5-6-10-11(7-9)14-12(16)13(3,4)15-10/h5-8,15H,1-4H3,(H,14,16). The number of hydrogen-bond acceptors (Lipinski definition) is 2. The summed E-state index contributed by atoms with van der Waals surface area (Å²) in [4.78, 5) is 11.8. The molecule has 0 saturated carbocycles. The van der Waals surface area contributed by atoms with Gasteiger partial charge in [0.25, 0.3) is 0 Å². The predicted octanol–water partition coefficient (Wildman–Crippen LogP) is 2.95. The first-order chi connectivity index (χ1) is 7.40. The van der Waals surface area contributed by atoms with Gasteiger partial charge in [0, 0.05) is 0 Å². The number of nitrogens with one attached hydrogen (secondary N) is 2. The van der Waals surface area contributed by atoms with Crippen LogP contribution >= 0.6 is 0 Å². The van der Waals surface area contributed by atoms with Crippen LogP contribution in [0.15, 0.2) is 18.2 Å². The summed E-state index contributed by atoms with van der Waals surface area (Å²) >= 11 is 0. The van der Waals surface area contributed by atoms with Crippen LogP contribution in [0.2, 0.25) is 0 Å². The van der Waals surface area contributed by atoms with Crippen LogP contribution in [0.25, 0.3) is 0 Å². The van der Waals surface area contributed by atoms with Crippen LogP contribution in [0.4, 0.5) is 11.4 Å². The van der Waals surface area contributed by atoms with Crippen molar-refractivity contribution in [3.63, 3.8) is 0 Å². The molecule has 0 aromatic heterocycles. The minimum absolute atomic E-state index is 0.0147. The van der Waals surface area contributed by atoms with Crippen molar-refractivity contribution in [2.24, 2.45) is 0 Å². The van der Waals surface area contributed by atoms with E-state index >= 15 is 0 Å². The summed E-state index contributed by atoms with van der Waals surface area (Å²) in [5, 5.41) is 6.18. The molecule has 1 heterocycles. The van der Waals surface area contributed by atoms with Crippen molar-refractivity contribution in [2.75, 3.05) is 10.6 Å². The van der Waals surface area contributed by atoms with Gasteiger partial charge in [-0.1, -0.05) is 19.9 Å². The topological polar surface area (TPSA) is 41.1 Å². The molecule has 3 nitrogen and oxygen atoms in total. The van der Waals surface area contributed by atoms with Gasteiger partial charge in [-0.3, -0.25) is 4.79 Å². The fourth-order valence-electron chi connectivity index (χ4n) is 1.81. The van der Waals surface area contributed by atoms with Crippen LogP contribution in [0.1, 0.15) is 39.2 Å². The van der Waals surface area contributed by atoms with Gasteiger partial charge in [-0.15, -0.1) is 0 Å². The van der Waals surface area contributed by atoms with Gasteiger partial charge in [0.05, 0.1) is 11.4 Å². The summed E-state index contributed by atoms with van der Waals surface area (Å²) in [6.45, 7) is 8.04. The van der Waals surface area contributed by atoms with E-state index < -0.39 is 5.54 Å². The average molecular weight is 218 g/mol. The van der Waals surface area contributed by atoms with Gasteiger partial charge in [-0.25, -0.2) is 0 Å². The SMILES string of the molecule is CC(C)c1ccc2c(c1)NC(=O)C(C)(C)N2. The summed E-state index contributed by atoms with van der Waals surface area (Å²) in [6.07, 6.45) is 0. The number of anilines is 2. The second kappa shape index (κ2) is 3.51. The lowest BCUT2D eigenvalue weighted by Crippen LogP contribution is -2.47. The highest BCUT2D eigenvalue weighted by Crippen LogP contribution is 2.33. The lowest BCUT2D eigenvalue weighted by Gasteiger charge is -2.33. The highest BCUT2D eigenvalue weighted by molar-refractivity contribution is 6.05. The number of carbonyl (C=O) groups excluding carboxylic acids is 1. The molecule has 86 valence electrons. The third-order valence-corrected chi connectivity index (χ3v) is 2.97. The van der Waals surface area contributed by atoms with Crippen molar-refractivity contribution in [2.45, 2.75) is 39.2 Å². The average Bonchev–Trinajstić information content (AvgIpc) is 2.18. The first-order valence-corrected chi connectivity index (χ1v) is 5.64. The first kappa shape index (κ1) is 11.0. The summed E-state index contributed by atoms with van der Waals surface area (Å²) in [7, 11) is 0. The molecule has 1 aliphatic rings. The zero-order chi connectivity index (χ0) is 11.9. The molecule has 1 amide bonds. The highest BCUT2D eigenvalue weighted by Gasteiger charge is 2.32. The molecule has 3 heteroatoms. The molecule has 0 radical (unpaired) electrons. The Morgan fingerprint density at radius 2 is 1.88 bits per heavy atom. The molecule has 16 heavy (non-hydrogen) atoms. The molecule has 1 aliphatic heterocycles. The minimum Gasteiger partial charge on any atom is -0.370 e. The van der Waals surface area contributed by atoms with E-state index in [2.05, 4.69) is 30.5 Å². The Morgan fingerprint density at radius 1 is 1.19 bits per heavy atom. The smallest absolute Gasteiger partial charge is 0.249 e. The van der Waals surface area contributed by atoms with Crippen LogP contribution in [0.3, 0.4) is 0 Å². The van der Waals surface area contributed by atoms with Gasteiger partial charge >= 0.3 is 0 Å². The second-order valence-electron chi connectivity index (χ2n) is 5.16. The largest absolute Gasteiger partial charge is 0.370 e. The predicted molar refractivity (Wildman–Crippen MR) is 66.9 cm³/mol. The summed E-state index contributed by atoms with van der Waals surface area (Å²) in [6, 6.07) is 6.18. The molecule has 0 aliphatic carbocycles. The van der Waals surface area contributed by atoms with Crippen molar-refractivity contribution < 1.29 is 4.79 Å². The van der Waals surface area contributed by atoms with Crippen LogP contribution in [0, 0.1) is 0 Å². The molecule has 0 saturated heterocycles. The van der Waals surface area contributed by atoms with Crippen molar-refractivity contribution in [1.82, 2.24) is 0 Å². The maximum atomic E-state index is 11.8. The Hall–Kier alpha value is -1.51. The van der Waals surface area contributed by atoms with E-state index in [1.807, 2.05) is 26.0 Å². The third-order valence-electron chi connectivity index (χ3n) is 2.97. The van der Waals surface area contributed by atoms with Gasteiger partial charge in [-0.2, -0.15) is 0 Å². The zero-order valence-electron chi connectivity index (χ0n) is 10.2. The van der Waals surface area contributed by atoms with Gasteiger partial charge in [0.1, 0.15) is 5.54 Å². The Bertz CT molecular complexity index is 436. The fourth-order valence-corrected chi connectivity index (χ4v) is 1.81. The molecule has 0 unspecified atom stereocenters. The Labute approximate surface area is 96.2 Å². The molecule has 0 fully saturated rings. The number of fused-ring (bicyclic) bond motifs is 1. The normalized spacial score (nSPS) is 17.7. The van der Waals surface area contributed by atoms with Gasteiger partial charge in [0.2, 0.25) is 5.91 Å². The van der Waals surface area contributed by atoms with E-state index in [4.69, 9.17) is 0 Å². The Balaban J connectivity index is 2.41. The number of benzene rings is 1. The molecule has 1 aromatic rings. The first-order valence-electron chi connectivity index (χ1n) is 5.64. The van der Waals surface area contributed by atoms with Crippen LogP contribution in [-0.4, -0.2) is 11.4 Å². The summed E-state index contributed by atoms with van der Waals surface area (Å²) in [5.74, 6) is 0.484. The monoisotopic (exact) mass is 218 g/mol. The number of amides is 1. The van der Waals surface area contributed by atoms with Crippen LogP contribution < -0.4 is 10.6 Å². The number of carbonyl (C=O) groups is 1. The fraction of sp³-hybridized carbons (Fsp3) is 0.462. The van der Waals surface area contributed by atoms with E-state index in [9.17, 15) is 4.79 Å². The number of hydrogen-bond donors (Lipinski definition) is 2. The summed E-state index contributed by atoms with van der Waals surface area (Å²) in [5.41, 5.74) is 2.58. The number of rotatable bonds is 1. The molecule has 2 N–H and O–H groups in total. The molecule has 0 spiro atoms. The van der Waals surface area contributed by atoms with E-state index in [-0.39, 0.29) is 5.91 Å². The molecule has 2 rings (SSSR count). The Kier molecular flexibility index (Phi) is 2.41. The zero-order valence-corrected chi connectivity index (χ0v) is 10.2. The maximum absolute atomic E-state index is 11.8. The van der Waals surface area contributed by atoms with Crippen LogP contribution in [0.5, 0.6) is 0 Å². The van der Waals surface area contributed by atoms with Crippen LogP contribution in [-0.2, 0) is 4.79 Å². The molecule has 0 atom stereocenters. The van der Waals surface area contributed by atoms with E-state index in [0.29, 0.717) is 5.92 Å². The van der Waals surface area contributed by atoms with Crippen molar-refractivity contribution in [1.29, 1.82) is 0 Å². The van der Waals surface area contributed by atoms with E-state index in [1.165, 1.54) is 5.56 Å². The lowest BCUT2D eigenvalue weighted by molar-refractivity contribution is -0.119. The van der Waals surface area contributed by atoms with Gasteiger partial charge < -0.3 is 10.6 Å². The lowest BCUT2D eigenvalue weighted by atomic mass is 9.97. The maximum Gasteiger partial charge on any atom is 0.249 e. The molecule has 1 aromatic carbocycles. The third kappa shape index (κ3) is 1.77. The molecule has 0 bridgehead atoms. The molecular weight excluding hydrogens is 200 g/mol. The van der Waals surface area contributed by atoms with Crippen molar-refractivity contribution in [3.8, 4) is 0 Å². The highest BCUT2D eigenvalue weighted by atomic mass is 16.2.